The second-order valence-electron chi connectivity index (χ2n) is 4.82. The Bertz CT molecular complexity index is 215. The number of nitrogens with one attached hydrogen (secondary N) is 1. The van der Waals surface area contributed by atoms with Crippen molar-refractivity contribution in [3.05, 3.63) is 0 Å². The van der Waals surface area contributed by atoms with Gasteiger partial charge in [0, 0.05) is 13.2 Å². The molecular weight excluding hydrogens is 216 g/mol. The third kappa shape index (κ3) is 6.03. The molecule has 0 aromatic heterocycles. The number of hydrogen-bond acceptors (Lipinski definition) is 3. The molecule has 0 aromatic carbocycles. The number of amides is 1. The molecule has 0 bridgehead atoms. The Morgan fingerprint density at radius 3 is 3.00 bits per heavy atom. The monoisotopic (exact) mass is 242 g/mol. The minimum Gasteiger partial charge on any atom is -0.378 e. The Morgan fingerprint density at radius 1 is 1.53 bits per heavy atom. The number of unbranched alkanes of at least 4 members (excludes halogenated alkanes) is 1. The molecule has 1 aliphatic rings. The summed E-state index contributed by atoms with van der Waals surface area (Å²) in [7, 11) is 0. The van der Waals surface area contributed by atoms with Gasteiger partial charge in [0.1, 0.15) is 0 Å². The number of carbonyl (C=O) groups is 1. The fraction of sp³-hybridized carbons (Fsp3) is 0.923. The standard InChI is InChI=1S/C13H26N2O2/c1-2-3-7-12(14)13(16)15-9-8-11-6-4-5-10-17-11/h11-12H,2-10,14H2,1H3,(H,15,16). The van der Waals surface area contributed by atoms with Crippen molar-refractivity contribution in [3.63, 3.8) is 0 Å². The van der Waals surface area contributed by atoms with Crippen LogP contribution < -0.4 is 11.1 Å². The van der Waals surface area contributed by atoms with Crippen LogP contribution in [-0.2, 0) is 9.53 Å². The van der Waals surface area contributed by atoms with Crippen LogP contribution in [0.2, 0.25) is 0 Å². The summed E-state index contributed by atoms with van der Waals surface area (Å²) in [4.78, 5) is 11.6. The first-order valence-corrected chi connectivity index (χ1v) is 6.89. The normalized spacial score (nSPS) is 22.1. The summed E-state index contributed by atoms with van der Waals surface area (Å²) in [5.74, 6) is -0.0192. The van der Waals surface area contributed by atoms with Crippen molar-refractivity contribution >= 4 is 5.91 Å². The highest BCUT2D eigenvalue weighted by Gasteiger charge is 2.15. The van der Waals surface area contributed by atoms with Gasteiger partial charge in [-0.1, -0.05) is 19.8 Å². The Kier molecular flexibility index (Phi) is 7.21. The van der Waals surface area contributed by atoms with Crippen LogP contribution in [-0.4, -0.2) is 31.2 Å². The van der Waals surface area contributed by atoms with Gasteiger partial charge in [0.15, 0.2) is 0 Å². The summed E-state index contributed by atoms with van der Waals surface area (Å²) in [6, 6.07) is -0.345. The van der Waals surface area contributed by atoms with E-state index in [9.17, 15) is 4.79 Å². The largest absolute Gasteiger partial charge is 0.378 e. The summed E-state index contributed by atoms with van der Waals surface area (Å²) in [5.41, 5.74) is 5.78. The van der Waals surface area contributed by atoms with Crippen LogP contribution in [0.15, 0.2) is 0 Å². The van der Waals surface area contributed by atoms with Gasteiger partial charge in [-0.15, -0.1) is 0 Å². The van der Waals surface area contributed by atoms with Crippen LogP contribution >= 0.6 is 0 Å². The van der Waals surface area contributed by atoms with Gasteiger partial charge in [0.25, 0.3) is 0 Å². The Balaban J connectivity index is 2.06. The van der Waals surface area contributed by atoms with Crippen molar-refractivity contribution in [2.75, 3.05) is 13.2 Å². The molecule has 17 heavy (non-hydrogen) atoms. The predicted molar refractivity (Wildman–Crippen MR) is 68.7 cm³/mol. The molecule has 1 heterocycles. The van der Waals surface area contributed by atoms with Crippen molar-refractivity contribution in [2.45, 2.75) is 64.0 Å². The topological polar surface area (TPSA) is 64.4 Å². The zero-order chi connectivity index (χ0) is 12.5. The van der Waals surface area contributed by atoms with Crippen molar-refractivity contribution in [1.29, 1.82) is 0 Å². The molecule has 1 rings (SSSR count). The number of nitrogens with two attached hydrogens (primary N) is 1. The average molecular weight is 242 g/mol. The summed E-state index contributed by atoms with van der Waals surface area (Å²) in [6.07, 6.45) is 7.65. The van der Waals surface area contributed by atoms with Crippen LogP contribution in [0, 0.1) is 0 Å². The molecule has 0 spiro atoms. The highest BCUT2D eigenvalue weighted by atomic mass is 16.5. The minimum atomic E-state index is -0.345. The molecule has 4 nitrogen and oxygen atoms in total. The van der Waals surface area contributed by atoms with E-state index in [4.69, 9.17) is 10.5 Å². The highest BCUT2D eigenvalue weighted by Crippen LogP contribution is 2.14. The second kappa shape index (κ2) is 8.48. The van der Waals surface area contributed by atoms with E-state index in [1.165, 1.54) is 12.8 Å². The molecule has 1 fully saturated rings. The minimum absolute atomic E-state index is 0.0192. The first-order valence-electron chi connectivity index (χ1n) is 6.89. The third-order valence-corrected chi connectivity index (χ3v) is 3.24. The van der Waals surface area contributed by atoms with E-state index in [-0.39, 0.29) is 11.9 Å². The summed E-state index contributed by atoms with van der Waals surface area (Å²) >= 11 is 0. The lowest BCUT2D eigenvalue weighted by molar-refractivity contribution is -0.122. The van der Waals surface area contributed by atoms with Crippen LogP contribution in [0.3, 0.4) is 0 Å². The van der Waals surface area contributed by atoms with Gasteiger partial charge >= 0.3 is 0 Å². The lowest BCUT2D eigenvalue weighted by Gasteiger charge is -2.22. The Morgan fingerprint density at radius 2 is 2.35 bits per heavy atom. The van der Waals surface area contributed by atoms with Crippen molar-refractivity contribution in [3.8, 4) is 0 Å². The van der Waals surface area contributed by atoms with E-state index in [1.807, 2.05) is 0 Å². The first kappa shape index (κ1) is 14.5. The van der Waals surface area contributed by atoms with Gasteiger partial charge in [-0.05, 0) is 32.1 Å². The van der Waals surface area contributed by atoms with E-state index < -0.39 is 0 Å². The van der Waals surface area contributed by atoms with Gasteiger partial charge in [0.05, 0.1) is 12.1 Å². The van der Waals surface area contributed by atoms with Gasteiger partial charge in [-0.2, -0.15) is 0 Å². The molecule has 1 aliphatic heterocycles. The van der Waals surface area contributed by atoms with E-state index in [1.54, 1.807) is 0 Å². The van der Waals surface area contributed by atoms with Crippen LogP contribution in [0.5, 0.6) is 0 Å². The lowest BCUT2D eigenvalue weighted by atomic mass is 10.1. The number of ether oxygens (including phenoxy) is 1. The predicted octanol–water partition coefficient (Wildman–Crippen LogP) is 1.58. The highest BCUT2D eigenvalue weighted by molar-refractivity contribution is 5.81. The summed E-state index contributed by atoms with van der Waals surface area (Å²) in [6.45, 7) is 3.66. The number of carbonyl (C=O) groups excluding carboxylic acids is 1. The van der Waals surface area contributed by atoms with Crippen LogP contribution in [0.1, 0.15) is 51.9 Å². The maximum atomic E-state index is 11.6. The quantitative estimate of drug-likeness (QED) is 0.712. The average Bonchev–Trinajstić information content (AvgIpc) is 2.37. The molecule has 4 heteroatoms. The molecule has 0 radical (unpaired) electrons. The van der Waals surface area contributed by atoms with Crippen LogP contribution in [0.25, 0.3) is 0 Å². The molecule has 1 saturated heterocycles. The number of hydrogen-bond donors (Lipinski definition) is 2. The molecule has 0 aromatic rings. The zero-order valence-corrected chi connectivity index (χ0v) is 10.9. The van der Waals surface area contributed by atoms with Crippen molar-refractivity contribution in [1.82, 2.24) is 5.32 Å². The van der Waals surface area contributed by atoms with E-state index in [0.29, 0.717) is 12.6 Å². The molecule has 0 saturated carbocycles. The zero-order valence-electron chi connectivity index (χ0n) is 10.9. The van der Waals surface area contributed by atoms with Crippen molar-refractivity contribution in [2.24, 2.45) is 5.73 Å². The van der Waals surface area contributed by atoms with Gasteiger partial charge in [-0.3, -0.25) is 4.79 Å². The fourth-order valence-electron chi connectivity index (χ4n) is 2.08. The van der Waals surface area contributed by atoms with E-state index >= 15 is 0 Å². The molecule has 0 aliphatic carbocycles. The number of rotatable bonds is 7. The molecule has 2 atom stereocenters. The van der Waals surface area contributed by atoms with Gasteiger partial charge in [-0.25, -0.2) is 0 Å². The Labute approximate surface area is 104 Å². The Hall–Kier alpha value is -0.610. The molecular formula is C13H26N2O2. The smallest absolute Gasteiger partial charge is 0.236 e. The van der Waals surface area contributed by atoms with Gasteiger partial charge in [0.2, 0.25) is 5.91 Å². The summed E-state index contributed by atoms with van der Waals surface area (Å²) < 4.78 is 5.60. The van der Waals surface area contributed by atoms with E-state index in [2.05, 4.69) is 12.2 Å². The molecule has 100 valence electrons. The van der Waals surface area contributed by atoms with Crippen LogP contribution in [0.4, 0.5) is 0 Å². The lowest BCUT2D eigenvalue weighted by Crippen LogP contribution is -2.41. The molecule has 3 N–H and O–H groups in total. The van der Waals surface area contributed by atoms with Gasteiger partial charge < -0.3 is 15.8 Å². The third-order valence-electron chi connectivity index (χ3n) is 3.24. The summed E-state index contributed by atoms with van der Waals surface area (Å²) in [5, 5.41) is 2.89. The first-order chi connectivity index (χ1) is 8.24. The second-order valence-corrected chi connectivity index (χ2v) is 4.82. The maximum absolute atomic E-state index is 11.6. The molecule has 2 unspecified atom stereocenters. The molecule has 1 amide bonds. The van der Waals surface area contributed by atoms with Crippen molar-refractivity contribution < 1.29 is 9.53 Å². The maximum Gasteiger partial charge on any atom is 0.236 e. The van der Waals surface area contributed by atoms with E-state index in [0.717, 1.165) is 38.7 Å². The fourth-order valence-corrected chi connectivity index (χ4v) is 2.08. The SMILES string of the molecule is CCCCC(N)C(=O)NCCC1CCCCO1.